The summed E-state index contributed by atoms with van der Waals surface area (Å²) in [7, 11) is -3.95. The van der Waals surface area contributed by atoms with Gasteiger partial charge in [-0.1, -0.05) is 27.7 Å². The molecule has 7 heteroatoms. The number of benzene rings is 1. The van der Waals surface area contributed by atoms with E-state index in [1.54, 1.807) is 13.8 Å². The average molecular weight is 344 g/mol. The van der Waals surface area contributed by atoms with Crippen molar-refractivity contribution < 1.29 is 17.6 Å². The molecule has 1 aromatic carbocycles. The molecule has 0 aliphatic heterocycles. The van der Waals surface area contributed by atoms with Crippen molar-refractivity contribution in [1.29, 1.82) is 0 Å². The largest absolute Gasteiger partial charge is 0.349 e. The fourth-order valence-electron chi connectivity index (χ4n) is 2.31. The Bertz CT molecular complexity index is 639. The first-order valence-electron chi connectivity index (χ1n) is 7.92. The predicted octanol–water partition coefficient (Wildman–Crippen LogP) is 2.77. The summed E-state index contributed by atoms with van der Waals surface area (Å²) in [6, 6.07) is 3.45. The standard InChI is InChI=1S/C16H25FN2O3S/c1-5-13(6-2)18-16(20)12-9-10-14(17)15(11-12)23(21,22)19(7-3)8-4/h9-11,13H,5-8H2,1-4H3,(H,18,20). The Balaban J connectivity index is 3.21. The van der Waals surface area contributed by atoms with E-state index in [4.69, 9.17) is 0 Å². The lowest BCUT2D eigenvalue weighted by Crippen LogP contribution is -2.34. The van der Waals surface area contributed by atoms with Crippen LogP contribution >= 0.6 is 0 Å². The minimum Gasteiger partial charge on any atom is -0.349 e. The lowest BCUT2D eigenvalue weighted by molar-refractivity contribution is 0.0934. The molecule has 0 aromatic heterocycles. The van der Waals surface area contributed by atoms with Gasteiger partial charge < -0.3 is 5.32 Å². The van der Waals surface area contributed by atoms with Gasteiger partial charge in [-0.25, -0.2) is 12.8 Å². The molecule has 0 heterocycles. The fraction of sp³-hybridized carbons (Fsp3) is 0.562. The molecule has 1 amide bonds. The third-order valence-corrected chi connectivity index (χ3v) is 5.90. The molecule has 23 heavy (non-hydrogen) atoms. The number of carbonyl (C=O) groups excluding carboxylic acids is 1. The molecule has 0 saturated heterocycles. The first-order chi connectivity index (χ1) is 10.8. The molecule has 5 nitrogen and oxygen atoms in total. The molecule has 0 spiro atoms. The van der Waals surface area contributed by atoms with Gasteiger partial charge in [-0.15, -0.1) is 0 Å². The van der Waals surface area contributed by atoms with Gasteiger partial charge in [-0.05, 0) is 31.0 Å². The molecule has 0 bridgehead atoms. The highest BCUT2D eigenvalue weighted by molar-refractivity contribution is 7.89. The number of halogens is 1. The Morgan fingerprint density at radius 3 is 2.22 bits per heavy atom. The summed E-state index contributed by atoms with van der Waals surface area (Å²) in [5.74, 6) is -1.24. The second kappa shape index (κ2) is 8.40. The molecule has 0 unspecified atom stereocenters. The number of rotatable bonds is 8. The molecule has 1 aromatic rings. The molecule has 0 aliphatic rings. The SMILES string of the molecule is CCC(CC)NC(=O)c1ccc(F)c(S(=O)(=O)N(CC)CC)c1. The van der Waals surface area contributed by atoms with E-state index >= 15 is 0 Å². The number of carbonyl (C=O) groups is 1. The maximum Gasteiger partial charge on any atom is 0.251 e. The minimum atomic E-state index is -3.95. The van der Waals surface area contributed by atoms with Crippen LogP contribution in [0.15, 0.2) is 23.1 Å². The van der Waals surface area contributed by atoms with Crippen molar-refractivity contribution in [3.63, 3.8) is 0 Å². The Morgan fingerprint density at radius 2 is 1.74 bits per heavy atom. The maximum atomic E-state index is 14.0. The molecule has 1 rings (SSSR count). The van der Waals surface area contributed by atoms with Crippen LogP contribution in [-0.2, 0) is 10.0 Å². The van der Waals surface area contributed by atoms with Gasteiger partial charge in [-0.2, -0.15) is 4.31 Å². The number of sulfonamides is 1. The van der Waals surface area contributed by atoms with Crippen LogP contribution in [0, 0.1) is 5.82 Å². The number of hydrogen-bond donors (Lipinski definition) is 1. The summed E-state index contributed by atoms with van der Waals surface area (Å²) in [5.41, 5.74) is 0.143. The third kappa shape index (κ3) is 4.51. The van der Waals surface area contributed by atoms with E-state index < -0.39 is 26.6 Å². The highest BCUT2D eigenvalue weighted by Crippen LogP contribution is 2.21. The van der Waals surface area contributed by atoms with Crippen LogP contribution in [0.4, 0.5) is 4.39 Å². The Morgan fingerprint density at radius 1 is 1.17 bits per heavy atom. The summed E-state index contributed by atoms with van der Waals surface area (Å²) in [5, 5.41) is 2.82. The molecular formula is C16H25FN2O3S. The van der Waals surface area contributed by atoms with Crippen LogP contribution in [0.5, 0.6) is 0 Å². The summed E-state index contributed by atoms with van der Waals surface area (Å²) < 4.78 is 40.1. The van der Waals surface area contributed by atoms with Crippen molar-refractivity contribution in [2.75, 3.05) is 13.1 Å². The van der Waals surface area contributed by atoms with Gasteiger partial charge in [0.05, 0.1) is 0 Å². The predicted molar refractivity (Wildman–Crippen MR) is 88.3 cm³/mol. The zero-order valence-electron chi connectivity index (χ0n) is 14.1. The number of nitrogens with one attached hydrogen (secondary N) is 1. The van der Waals surface area contributed by atoms with Crippen molar-refractivity contribution in [3.05, 3.63) is 29.6 Å². The fourth-order valence-corrected chi connectivity index (χ4v) is 3.85. The van der Waals surface area contributed by atoms with Gasteiger partial charge in [0.1, 0.15) is 10.7 Å². The van der Waals surface area contributed by atoms with Gasteiger partial charge in [0.2, 0.25) is 10.0 Å². The van der Waals surface area contributed by atoms with E-state index in [0.29, 0.717) is 0 Å². The highest BCUT2D eigenvalue weighted by atomic mass is 32.2. The van der Waals surface area contributed by atoms with Crippen molar-refractivity contribution >= 4 is 15.9 Å². The molecular weight excluding hydrogens is 319 g/mol. The van der Waals surface area contributed by atoms with Crippen molar-refractivity contribution in [2.45, 2.75) is 51.5 Å². The molecule has 130 valence electrons. The molecule has 0 saturated carbocycles. The summed E-state index contributed by atoms with van der Waals surface area (Å²) in [6.07, 6.45) is 1.54. The van der Waals surface area contributed by atoms with Crippen LogP contribution in [0.3, 0.4) is 0 Å². The van der Waals surface area contributed by atoms with Crippen LogP contribution < -0.4 is 5.32 Å². The van der Waals surface area contributed by atoms with Crippen LogP contribution in [0.2, 0.25) is 0 Å². The summed E-state index contributed by atoms with van der Waals surface area (Å²) >= 11 is 0. The average Bonchev–Trinajstić information content (AvgIpc) is 2.53. The zero-order valence-corrected chi connectivity index (χ0v) is 14.9. The number of nitrogens with zero attached hydrogens (tertiary/aromatic N) is 1. The van der Waals surface area contributed by atoms with Gasteiger partial charge in [0.25, 0.3) is 5.91 Å². The van der Waals surface area contributed by atoms with Crippen LogP contribution in [0.25, 0.3) is 0 Å². The van der Waals surface area contributed by atoms with E-state index in [-0.39, 0.29) is 24.7 Å². The molecule has 1 N–H and O–H groups in total. The lowest BCUT2D eigenvalue weighted by atomic mass is 10.1. The van der Waals surface area contributed by atoms with E-state index in [1.165, 1.54) is 6.07 Å². The molecule has 0 fully saturated rings. The van der Waals surface area contributed by atoms with Crippen molar-refractivity contribution in [2.24, 2.45) is 0 Å². The third-order valence-electron chi connectivity index (χ3n) is 3.84. The second-order valence-electron chi connectivity index (χ2n) is 5.22. The first-order valence-corrected chi connectivity index (χ1v) is 9.36. The van der Waals surface area contributed by atoms with E-state index in [0.717, 1.165) is 29.3 Å². The lowest BCUT2D eigenvalue weighted by Gasteiger charge is -2.19. The Labute approximate surface area is 137 Å². The quantitative estimate of drug-likeness (QED) is 0.788. The van der Waals surface area contributed by atoms with E-state index in [9.17, 15) is 17.6 Å². The van der Waals surface area contributed by atoms with Gasteiger partial charge in [0, 0.05) is 24.7 Å². The number of amides is 1. The summed E-state index contributed by atoms with van der Waals surface area (Å²) in [6.45, 7) is 7.75. The van der Waals surface area contributed by atoms with Crippen LogP contribution in [0.1, 0.15) is 50.9 Å². The van der Waals surface area contributed by atoms with E-state index in [1.807, 2.05) is 13.8 Å². The smallest absolute Gasteiger partial charge is 0.251 e. The first kappa shape index (κ1) is 19.6. The number of hydrogen-bond acceptors (Lipinski definition) is 3. The molecule has 0 aliphatic carbocycles. The van der Waals surface area contributed by atoms with Gasteiger partial charge in [-0.3, -0.25) is 4.79 Å². The molecule has 0 atom stereocenters. The summed E-state index contributed by atoms with van der Waals surface area (Å²) in [4.78, 5) is 11.8. The Kier molecular flexibility index (Phi) is 7.15. The van der Waals surface area contributed by atoms with Crippen LogP contribution in [-0.4, -0.2) is 37.8 Å². The normalized spacial score (nSPS) is 12.0. The topological polar surface area (TPSA) is 66.5 Å². The maximum absolute atomic E-state index is 14.0. The minimum absolute atomic E-state index is 0.00962. The van der Waals surface area contributed by atoms with Gasteiger partial charge >= 0.3 is 0 Å². The van der Waals surface area contributed by atoms with Crippen molar-refractivity contribution in [3.8, 4) is 0 Å². The van der Waals surface area contributed by atoms with Gasteiger partial charge in [0.15, 0.2) is 0 Å². The Hall–Kier alpha value is -1.47. The molecule has 0 radical (unpaired) electrons. The second-order valence-corrected chi connectivity index (χ2v) is 7.13. The highest BCUT2D eigenvalue weighted by Gasteiger charge is 2.26. The van der Waals surface area contributed by atoms with E-state index in [2.05, 4.69) is 5.32 Å². The van der Waals surface area contributed by atoms with Crippen molar-refractivity contribution in [1.82, 2.24) is 9.62 Å². The zero-order chi connectivity index (χ0) is 17.6. The monoisotopic (exact) mass is 344 g/mol.